The lowest BCUT2D eigenvalue weighted by Crippen LogP contribution is -2.49. The summed E-state index contributed by atoms with van der Waals surface area (Å²) < 4.78 is 25.2. The fraction of sp³-hybridized carbons (Fsp3) is 0.667. The third-order valence-corrected chi connectivity index (χ3v) is 7.29. The van der Waals surface area contributed by atoms with Crippen LogP contribution in [-0.2, 0) is 16.9 Å². The number of aromatic nitrogens is 1. The summed E-state index contributed by atoms with van der Waals surface area (Å²) in [5, 5.41) is 2.99. The minimum atomic E-state index is -3.06. The minimum Gasteiger partial charge on any atom is -0.351 e. The second kappa shape index (κ2) is 5.16. The van der Waals surface area contributed by atoms with Crippen molar-refractivity contribution in [2.75, 3.05) is 5.75 Å². The molecule has 0 bridgehead atoms. The summed E-state index contributed by atoms with van der Waals surface area (Å²) in [6, 6.07) is 1.78. The molecule has 5 nitrogen and oxygen atoms in total. The first-order valence-electron chi connectivity index (χ1n) is 7.21. The predicted molar refractivity (Wildman–Crippen MR) is 83.2 cm³/mol. The highest BCUT2D eigenvalue weighted by molar-refractivity contribution is 7.92. The highest BCUT2D eigenvalue weighted by Gasteiger charge is 2.41. The Labute approximate surface area is 126 Å². The van der Waals surface area contributed by atoms with Crippen LogP contribution in [0.1, 0.15) is 48.4 Å². The Balaban J connectivity index is 2.13. The van der Waals surface area contributed by atoms with Crippen LogP contribution in [0, 0.1) is 13.8 Å². The van der Waals surface area contributed by atoms with Gasteiger partial charge in [0.2, 0.25) is 0 Å². The molecule has 1 N–H and O–H groups in total. The van der Waals surface area contributed by atoms with E-state index in [1.807, 2.05) is 31.5 Å². The maximum absolute atomic E-state index is 12.4. The summed E-state index contributed by atoms with van der Waals surface area (Å²) in [6.45, 7) is 7.34. The molecule has 1 fully saturated rings. The Morgan fingerprint density at radius 3 is 2.48 bits per heavy atom. The number of rotatable bonds is 2. The molecule has 1 aromatic rings. The van der Waals surface area contributed by atoms with Gasteiger partial charge >= 0.3 is 0 Å². The van der Waals surface area contributed by atoms with E-state index < -0.39 is 14.6 Å². The number of carbonyl (C=O) groups excluding carboxylic acids is 1. The zero-order valence-electron chi connectivity index (χ0n) is 13.4. The first-order chi connectivity index (χ1) is 9.55. The molecule has 1 aliphatic rings. The van der Waals surface area contributed by atoms with Crippen LogP contribution < -0.4 is 5.32 Å². The van der Waals surface area contributed by atoms with Crippen molar-refractivity contribution >= 4 is 15.7 Å². The molecular weight excluding hydrogens is 288 g/mol. The van der Waals surface area contributed by atoms with E-state index in [1.54, 1.807) is 13.8 Å². The average molecular weight is 312 g/mol. The molecule has 21 heavy (non-hydrogen) atoms. The normalized spacial score (nSPS) is 23.8. The first kappa shape index (κ1) is 16.1. The molecule has 118 valence electrons. The molecule has 1 aliphatic heterocycles. The number of nitrogens with zero attached hydrogens (tertiary/aromatic N) is 1. The van der Waals surface area contributed by atoms with Gasteiger partial charge in [-0.2, -0.15) is 0 Å². The Bertz CT molecular complexity index is 671. The fourth-order valence-electron chi connectivity index (χ4n) is 2.87. The van der Waals surface area contributed by atoms with Crippen LogP contribution >= 0.6 is 0 Å². The third kappa shape index (κ3) is 2.86. The predicted octanol–water partition coefficient (Wildman–Crippen LogP) is 1.73. The van der Waals surface area contributed by atoms with Crippen molar-refractivity contribution < 1.29 is 13.2 Å². The van der Waals surface area contributed by atoms with Gasteiger partial charge in [0, 0.05) is 24.5 Å². The standard InChI is InChI=1S/C15H24N2O3S/c1-10-8-13(11(2)17(10)5)14(18)16-12-6-7-21(19,20)15(3,4)9-12/h8,12H,6-7,9H2,1-5H3,(H,16,18). The van der Waals surface area contributed by atoms with Crippen LogP contribution in [0.15, 0.2) is 6.07 Å². The number of amides is 1. The summed E-state index contributed by atoms with van der Waals surface area (Å²) in [5.74, 6) is 0.0221. The van der Waals surface area contributed by atoms with Gasteiger partial charge in [0.25, 0.3) is 5.91 Å². The van der Waals surface area contributed by atoms with E-state index >= 15 is 0 Å². The summed E-state index contributed by atoms with van der Waals surface area (Å²) in [5.41, 5.74) is 2.62. The van der Waals surface area contributed by atoms with Gasteiger partial charge in [0.05, 0.1) is 16.1 Å². The topological polar surface area (TPSA) is 68.2 Å². The van der Waals surface area contributed by atoms with E-state index in [1.165, 1.54) is 0 Å². The average Bonchev–Trinajstić information content (AvgIpc) is 2.62. The SMILES string of the molecule is Cc1cc(C(=O)NC2CCS(=O)(=O)C(C)(C)C2)c(C)n1C. The molecule has 2 heterocycles. The Kier molecular flexibility index (Phi) is 3.95. The molecule has 1 atom stereocenters. The van der Waals surface area contributed by atoms with E-state index in [9.17, 15) is 13.2 Å². The molecule has 1 unspecified atom stereocenters. The van der Waals surface area contributed by atoms with E-state index in [0.29, 0.717) is 18.4 Å². The molecule has 2 rings (SSSR count). The zero-order valence-corrected chi connectivity index (χ0v) is 14.2. The summed E-state index contributed by atoms with van der Waals surface area (Å²) in [6.07, 6.45) is 0.953. The summed E-state index contributed by atoms with van der Waals surface area (Å²) >= 11 is 0. The van der Waals surface area contributed by atoms with Gasteiger partial charge in [-0.3, -0.25) is 4.79 Å². The van der Waals surface area contributed by atoms with Crippen molar-refractivity contribution in [1.29, 1.82) is 0 Å². The molecule has 0 spiro atoms. The van der Waals surface area contributed by atoms with E-state index in [-0.39, 0.29) is 17.7 Å². The highest BCUT2D eigenvalue weighted by Crippen LogP contribution is 2.30. The number of nitrogens with one attached hydrogen (secondary N) is 1. The van der Waals surface area contributed by atoms with Gasteiger partial charge in [-0.1, -0.05) is 0 Å². The number of aryl methyl sites for hydroxylation is 1. The quantitative estimate of drug-likeness (QED) is 0.904. The molecule has 6 heteroatoms. The van der Waals surface area contributed by atoms with Crippen molar-refractivity contribution in [3.63, 3.8) is 0 Å². The smallest absolute Gasteiger partial charge is 0.253 e. The van der Waals surface area contributed by atoms with Crippen LogP contribution in [0.25, 0.3) is 0 Å². The van der Waals surface area contributed by atoms with E-state index in [2.05, 4.69) is 5.32 Å². The molecule has 0 radical (unpaired) electrons. The maximum Gasteiger partial charge on any atom is 0.253 e. The molecule has 0 aromatic carbocycles. The largest absolute Gasteiger partial charge is 0.351 e. The van der Waals surface area contributed by atoms with Gasteiger partial charge < -0.3 is 9.88 Å². The maximum atomic E-state index is 12.4. The van der Waals surface area contributed by atoms with Gasteiger partial charge in [-0.05, 0) is 46.6 Å². The number of carbonyl (C=O) groups is 1. The highest BCUT2D eigenvalue weighted by atomic mass is 32.2. The Morgan fingerprint density at radius 2 is 2.00 bits per heavy atom. The lowest BCUT2D eigenvalue weighted by atomic mass is 9.99. The van der Waals surface area contributed by atoms with Crippen LogP contribution in [0.2, 0.25) is 0 Å². The monoisotopic (exact) mass is 312 g/mol. The van der Waals surface area contributed by atoms with Crippen LogP contribution in [0.3, 0.4) is 0 Å². The van der Waals surface area contributed by atoms with Crippen molar-refractivity contribution in [2.24, 2.45) is 7.05 Å². The van der Waals surface area contributed by atoms with Crippen molar-refractivity contribution in [2.45, 2.75) is 51.3 Å². The van der Waals surface area contributed by atoms with E-state index in [0.717, 1.165) is 11.4 Å². The molecular formula is C15H24N2O3S. The van der Waals surface area contributed by atoms with Crippen molar-refractivity contribution in [3.8, 4) is 0 Å². The van der Waals surface area contributed by atoms with Gasteiger partial charge in [0.15, 0.2) is 9.84 Å². The minimum absolute atomic E-state index is 0.0871. The van der Waals surface area contributed by atoms with Gasteiger partial charge in [-0.25, -0.2) is 8.42 Å². The fourth-order valence-corrected chi connectivity index (χ4v) is 4.47. The van der Waals surface area contributed by atoms with Crippen molar-refractivity contribution in [1.82, 2.24) is 9.88 Å². The lowest BCUT2D eigenvalue weighted by Gasteiger charge is -2.35. The number of sulfone groups is 1. The molecule has 0 saturated carbocycles. The Morgan fingerprint density at radius 1 is 1.38 bits per heavy atom. The van der Waals surface area contributed by atoms with E-state index in [4.69, 9.17) is 0 Å². The van der Waals surface area contributed by atoms with Gasteiger partial charge in [-0.15, -0.1) is 0 Å². The van der Waals surface area contributed by atoms with Crippen molar-refractivity contribution in [3.05, 3.63) is 23.0 Å². The van der Waals surface area contributed by atoms with Gasteiger partial charge in [0.1, 0.15) is 0 Å². The molecule has 1 amide bonds. The molecule has 1 aromatic heterocycles. The van der Waals surface area contributed by atoms with Crippen LogP contribution in [0.4, 0.5) is 0 Å². The third-order valence-electron chi connectivity index (χ3n) is 4.67. The van der Waals surface area contributed by atoms with Crippen LogP contribution in [0.5, 0.6) is 0 Å². The second-order valence-corrected chi connectivity index (χ2v) is 9.33. The van der Waals surface area contributed by atoms with Crippen LogP contribution in [-0.4, -0.2) is 35.4 Å². The molecule has 0 aliphatic carbocycles. The molecule has 1 saturated heterocycles. The lowest BCUT2D eigenvalue weighted by molar-refractivity contribution is 0.0930. The summed E-state index contributed by atoms with van der Waals surface area (Å²) in [4.78, 5) is 12.4. The second-order valence-electron chi connectivity index (χ2n) is 6.59. The summed E-state index contributed by atoms with van der Waals surface area (Å²) in [7, 11) is -1.13. The zero-order chi connectivity index (χ0) is 16.0. The number of hydrogen-bond acceptors (Lipinski definition) is 3. The number of hydrogen-bond donors (Lipinski definition) is 1. The first-order valence-corrected chi connectivity index (χ1v) is 8.86. The Hall–Kier alpha value is -1.30.